The molecule has 0 aliphatic carbocycles. The van der Waals surface area contributed by atoms with E-state index in [2.05, 4.69) is 5.32 Å². The predicted molar refractivity (Wildman–Crippen MR) is 72.7 cm³/mol. The first-order chi connectivity index (χ1) is 9.88. The van der Waals surface area contributed by atoms with Crippen LogP contribution in [0.4, 0.5) is 15.8 Å². The minimum Gasteiger partial charge on any atom is -0.322 e. The van der Waals surface area contributed by atoms with Crippen molar-refractivity contribution in [2.75, 3.05) is 5.32 Å². The number of halogens is 1. The first-order valence-electron chi connectivity index (χ1n) is 5.80. The van der Waals surface area contributed by atoms with E-state index < -0.39 is 22.3 Å². The van der Waals surface area contributed by atoms with E-state index in [0.717, 1.165) is 18.2 Å². The quantitative estimate of drug-likeness (QED) is 0.687. The number of hydrogen-bond donors (Lipinski definition) is 1. The van der Waals surface area contributed by atoms with Crippen LogP contribution < -0.4 is 10.9 Å². The van der Waals surface area contributed by atoms with Crippen LogP contribution in [-0.2, 0) is 7.05 Å². The van der Waals surface area contributed by atoms with Gasteiger partial charge < -0.3 is 9.88 Å². The molecule has 1 N–H and O–H groups in total. The summed E-state index contributed by atoms with van der Waals surface area (Å²) < 4.78 is 14.7. The molecule has 0 saturated heterocycles. The third-order valence-corrected chi connectivity index (χ3v) is 2.77. The third-order valence-electron chi connectivity index (χ3n) is 2.77. The summed E-state index contributed by atoms with van der Waals surface area (Å²) in [5.41, 5.74) is -0.875. The van der Waals surface area contributed by atoms with Crippen LogP contribution in [0.3, 0.4) is 0 Å². The van der Waals surface area contributed by atoms with Gasteiger partial charge in [0.05, 0.1) is 4.92 Å². The van der Waals surface area contributed by atoms with Crippen molar-refractivity contribution in [1.82, 2.24) is 4.57 Å². The molecule has 0 radical (unpaired) electrons. The molecule has 1 heterocycles. The maximum absolute atomic E-state index is 13.4. The van der Waals surface area contributed by atoms with Gasteiger partial charge in [-0.2, -0.15) is 4.39 Å². The molecule has 108 valence electrons. The number of nitrogens with one attached hydrogen (secondary N) is 1. The van der Waals surface area contributed by atoms with Gasteiger partial charge in [0.15, 0.2) is 0 Å². The number of carbonyl (C=O) groups excluding carboxylic acids is 1. The summed E-state index contributed by atoms with van der Waals surface area (Å²) in [6, 6.07) is 5.57. The number of benzene rings is 1. The molecule has 2 rings (SSSR count). The van der Waals surface area contributed by atoms with E-state index in [1.54, 1.807) is 0 Å². The number of hydrogen-bond acceptors (Lipinski definition) is 4. The molecular formula is C13H10FN3O4. The van der Waals surface area contributed by atoms with Gasteiger partial charge in [0.25, 0.3) is 11.5 Å². The van der Waals surface area contributed by atoms with Crippen molar-refractivity contribution < 1.29 is 14.1 Å². The number of nitro groups is 1. The van der Waals surface area contributed by atoms with Crippen LogP contribution in [-0.4, -0.2) is 15.4 Å². The Morgan fingerprint density at radius 2 is 2.05 bits per heavy atom. The van der Waals surface area contributed by atoms with Crippen molar-refractivity contribution in [3.63, 3.8) is 0 Å². The van der Waals surface area contributed by atoms with E-state index in [4.69, 9.17) is 0 Å². The monoisotopic (exact) mass is 291 g/mol. The van der Waals surface area contributed by atoms with Gasteiger partial charge >= 0.3 is 5.69 Å². The number of carbonyl (C=O) groups is 1. The topological polar surface area (TPSA) is 94.2 Å². The molecule has 21 heavy (non-hydrogen) atoms. The van der Waals surface area contributed by atoms with Crippen LogP contribution in [0.2, 0.25) is 0 Å². The van der Waals surface area contributed by atoms with Crippen molar-refractivity contribution >= 4 is 17.3 Å². The van der Waals surface area contributed by atoms with Crippen molar-refractivity contribution in [2.24, 2.45) is 7.05 Å². The summed E-state index contributed by atoms with van der Waals surface area (Å²) in [4.78, 5) is 32.9. The molecule has 0 bridgehead atoms. The predicted octanol–water partition coefficient (Wildman–Crippen LogP) is 1.68. The number of rotatable bonds is 3. The van der Waals surface area contributed by atoms with E-state index in [0.29, 0.717) is 0 Å². The van der Waals surface area contributed by atoms with E-state index in [-0.39, 0.29) is 16.8 Å². The van der Waals surface area contributed by atoms with Crippen LogP contribution >= 0.6 is 0 Å². The zero-order chi connectivity index (χ0) is 15.6. The summed E-state index contributed by atoms with van der Waals surface area (Å²) in [5, 5.41) is 12.8. The Kier molecular flexibility index (Phi) is 3.79. The molecule has 0 atom stereocenters. The Balaban J connectivity index is 2.23. The van der Waals surface area contributed by atoms with Crippen LogP contribution in [0.1, 0.15) is 10.4 Å². The smallest absolute Gasteiger partial charge is 0.304 e. The van der Waals surface area contributed by atoms with Gasteiger partial charge in [-0.1, -0.05) is 0 Å². The number of nitrogens with zero attached hydrogens (tertiary/aromatic N) is 2. The SMILES string of the molecule is Cn1ccc(C(=O)Nc2ccc([N+](=O)[O-])c(F)c2)cc1=O. The Labute approximate surface area is 117 Å². The van der Waals surface area contributed by atoms with Gasteiger partial charge in [-0.3, -0.25) is 19.7 Å². The zero-order valence-electron chi connectivity index (χ0n) is 10.9. The lowest BCUT2D eigenvalue weighted by molar-refractivity contribution is -0.387. The summed E-state index contributed by atoms with van der Waals surface area (Å²) >= 11 is 0. The molecule has 0 spiro atoms. The van der Waals surface area contributed by atoms with E-state index in [1.165, 1.54) is 29.9 Å². The number of pyridine rings is 1. The van der Waals surface area contributed by atoms with Gasteiger partial charge in [0.2, 0.25) is 5.82 Å². The summed E-state index contributed by atoms with van der Waals surface area (Å²) in [7, 11) is 1.54. The van der Waals surface area contributed by atoms with Crippen molar-refractivity contribution in [1.29, 1.82) is 0 Å². The lowest BCUT2D eigenvalue weighted by atomic mass is 10.2. The first kappa shape index (κ1) is 14.4. The van der Waals surface area contributed by atoms with Crippen LogP contribution in [0, 0.1) is 15.9 Å². The van der Waals surface area contributed by atoms with Crippen LogP contribution in [0.15, 0.2) is 41.3 Å². The molecular weight excluding hydrogens is 281 g/mol. The Morgan fingerprint density at radius 3 is 2.62 bits per heavy atom. The molecule has 0 fully saturated rings. The fraction of sp³-hybridized carbons (Fsp3) is 0.0769. The lowest BCUT2D eigenvalue weighted by Gasteiger charge is -2.06. The number of amides is 1. The molecule has 0 saturated carbocycles. The number of aryl methyl sites for hydroxylation is 1. The van der Waals surface area contributed by atoms with Crippen molar-refractivity contribution in [3.8, 4) is 0 Å². The number of aromatic nitrogens is 1. The minimum atomic E-state index is -1.05. The van der Waals surface area contributed by atoms with Gasteiger partial charge in [-0.15, -0.1) is 0 Å². The maximum Gasteiger partial charge on any atom is 0.304 e. The Morgan fingerprint density at radius 1 is 1.33 bits per heavy atom. The molecule has 0 aliphatic rings. The lowest BCUT2D eigenvalue weighted by Crippen LogP contribution is -2.20. The fourth-order valence-electron chi connectivity index (χ4n) is 1.63. The summed E-state index contributed by atoms with van der Waals surface area (Å²) in [6.45, 7) is 0. The Bertz CT molecular complexity index is 785. The highest BCUT2D eigenvalue weighted by Crippen LogP contribution is 2.21. The number of nitro benzene ring substituents is 1. The molecule has 0 unspecified atom stereocenters. The minimum absolute atomic E-state index is 0.0591. The van der Waals surface area contributed by atoms with Crippen molar-refractivity contribution in [2.45, 2.75) is 0 Å². The number of anilines is 1. The molecule has 8 heteroatoms. The second-order valence-electron chi connectivity index (χ2n) is 4.24. The maximum atomic E-state index is 13.4. The van der Waals surface area contributed by atoms with Gasteiger partial charge in [-0.25, -0.2) is 0 Å². The average molecular weight is 291 g/mol. The van der Waals surface area contributed by atoms with Crippen LogP contribution in [0.5, 0.6) is 0 Å². The molecule has 0 aliphatic heterocycles. The normalized spacial score (nSPS) is 10.2. The third kappa shape index (κ3) is 3.11. The van der Waals surface area contributed by atoms with E-state index >= 15 is 0 Å². The fourth-order valence-corrected chi connectivity index (χ4v) is 1.63. The van der Waals surface area contributed by atoms with Crippen molar-refractivity contribution in [3.05, 3.63) is 68.4 Å². The summed E-state index contributed by atoms with van der Waals surface area (Å²) in [5.74, 6) is -1.66. The molecule has 1 aromatic carbocycles. The van der Waals surface area contributed by atoms with Gasteiger partial charge in [0.1, 0.15) is 0 Å². The largest absolute Gasteiger partial charge is 0.322 e. The van der Waals surface area contributed by atoms with Gasteiger partial charge in [0, 0.05) is 42.7 Å². The van der Waals surface area contributed by atoms with E-state index in [9.17, 15) is 24.1 Å². The second-order valence-corrected chi connectivity index (χ2v) is 4.24. The molecule has 2 aromatic rings. The van der Waals surface area contributed by atoms with E-state index in [1.807, 2.05) is 0 Å². The average Bonchev–Trinajstić information content (AvgIpc) is 2.41. The molecule has 1 amide bonds. The highest BCUT2D eigenvalue weighted by Gasteiger charge is 2.15. The standard InChI is InChI=1S/C13H10FN3O4/c1-16-5-4-8(6-12(16)18)13(19)15-9-2-3-11(17(20)21)10(14)7-9/h2-7H,1H3,(H,15,19). The summed E-state index contributed by atoms with van der Waals surface area (Å²) in [6.07, 6.45) is 1.42. The Hall–Kier alpha value is -3.03. The molecule has 7 nitrogen and oxygen atoms in total. The van der Waals surface area contributed by atoms with Gasteiger partial charge in [-0.05, 0) is 12.1 Å². The highest BCUT2D eigenvalue weighted by atomic mass is 19.1. The highest BCUT2D eigenvalue weighted by molar-refractivity contribution is 6.04. The second kappa shape index (κ2) is 5.53. The zero-order valence-corrected chi connectivity index (χ0v) is 10.9. The van der Waals surface area contributed by atoms with Crippen LogP contribution in [0.25, 0.3) is 0 Å². The first-order valence-corrected chi connectivity index (χ1v) is 5.80. The molecule has 1 aromatic heterocycles.